The van der Waals surface area contributed by atoms with Crippen molar-refractivity contribution in [1.82, 2.24) is 10.6 Å². The van der Waals surface area contributed by atoms with Gasteiger partial charge in [0, 0.05) is 12.1 Å². The standard InChI is InChI=1S/C14H20N2O2/c1-11(15-9-17)7-13-5-3-4-6-14(13)8-12(2)16-10-18/h3-6,9-12H,7-8H2,1-2H3,(H,15,17)(H,16,18). The number of amides is 2. The van der Waals surface area contributed by atoms with Gasteiger partial charge in [-0.1, -0.05) is 24.3 Å². The van der Waals surface area contributed by atoms with E-state index in [1.165, 1.54) is 11.1 Å². The molecule has 1 aromatic rings. The summed E-state index contributed by atoms with van der Waals surface area (Å²) in [5.41, 5.74) is 2.41. The van der Waals surface area contributed by atoms with Gasteiger partial charge in [0.2, 0.25) is 12.8 Å². The van der Waals surface area contributed by atoms with Crippen LogP contribution in [0, 0.1) is 0 Å². The topological polar surface area (TPSA) is 58.2 Å². The number of hydrogen-bond donors (Lipinski definition) is 2. The molecule has 0 aliphatic carbocycles. The highest BCUT2D eigenvalue weighted by Crippen LogP contribution is 2.13. The van der Waals surface area contributed by atoms with Crippen LogP contribution < -0.4 is 10.6 Å². The Hall–Kier alpha value is -1.84. The second-order valence-electron chi connectivity index (χ2n) is 4.55. The fourth-order valence-electron chi connectivity index (χ4n) is 1.97. The van der Waals surface area contributed by atoms with Crippen molar-refractivity contribution in [2.75, 3.05) is 0 Å². The Labute approximate surface area is 108 Å². The molecule has 0 heterocycles. The molecule has 0 radical (unpaired) electrons. The first kappa shape index (κ1) is 14.2. The molecule has 0 aliphatic rings. The summed E-state index contributed by atoms with van der Waals surface area (Å²) >= 11 is 0. The third kappa shape index (κ3) is 4.57. The molecule has 1 aromatic carbocycles. The number of benzene rings is 1. The van der Waals surface area contributed by atoms with Crippen LogP contribution >= 0.6 is 0 Å². The lowest BCUT2D eigenvalue weighted by molar-refractivity contribution is -0.110. The van der Waals surface area contributed by atoms with Crippen molar-refractivity contribution >= 4 is 12.8 Å². The van der Waals surface area contributed by atoms with E-state index in [4.69, 9.17) is 0 Å². The Bertz CT molecular complexity index is 356. The molecule has 2 unspecified atom stereocenters. The van der Waals surface area contributed by atoms with Gasteiger partial charge < -0.3 is 10.6 Å². The van der Waals surface area contributed by atoms with Gasteiger partial charge in [-0.2, -0.15) is 0 Å². The van der Waals surface area contributed by atoms with E-state index in [2.05, 4.69) is 22.8 Å². The normalized spacial score (nSPS) is 13.4. The number of carbonyl (C=O) groups excluding carboxylic acids is 2. The van der Waals surface area contributed by atoms with Crippen LogP contribution in [0.1, 0.15) is 25.0 Å². The smallest absolute Gasteiger partial charge is 0.207 e. The van der Waals surface area contributed by atoms with Crippen LogP contribution in [0.5, 0.6) is 0 Å². The van der Waals surface area contributed by atoms with E-state index < -0.39 is 0 Å². The quantitative estimate of drug-likeness (QED) is 0.675. The molecule has 0 bridgehead atoms. The second kappa shape index (κ2) is 7.48. The maximum absolute atomic E-state index is 10.4. The van der Waals surface area contributed by atoms with Gasteiger partial charge in [-0.25, -0.2) is 0 Å². The monoisotopic (exact) mass is 248 g/mol. The lowest BCUT2D eigenvalue weighted by Gasteiger charge is -2.16. The highest BCUT2D eigenvalue weighted by atomic mass is 16.1. The fourth-order valence-corrected chi connectivity index (χ4v) is 1.97. The highest BCUT2D eigenvalue weighted by molar-refractivity contribution is 5.47. The first-order valence-electron chi connectivity index (χ1n) is 6.13. The summed E-state index contributed by atoms with van der Waals surface area (Å²) in [5, 5.41) is 5.49. The average Bonchev–Trinajstić information content (AvgIpc) is 2.32. The molecule has 0 fully saturated rings. The molecule has 2 atom stereocenters. The highest BCUT2D eigenvalue weighted by Gasteiger charge is 2.09. The van der Waals surface area contributed by atoms with E-state index >= 15 is 0 Å². The van der Waals surface area contributed by atoms with Crippen molar-refractivity contribution in [2.24, 2.45) is 0 Å². The second-order valence-corrected chi connectivity index (χ2v) is 4.55. The number of rotatable bonds is 8. The lowest BCUT2D eigenvalue weighted by atomic mass is 9.96. The molecule has 98 valence electrons. The van der Waals surface area contributed by atoms with Gasteiger partial charge in [0.15, 0.2) is 0 Å². The SMILES string of the molecule is CC(Cc1ccccc1CC(C)NC=O)NC=O. The molecule has 18 heavy (non-hydrogen) atoms. The lowest BCUT2D eigenvalue weighted by Crippen LogP contribution is -2.29. The summed E-state index contributed by atoms with van der Waals surface area (Å²) in [6.07, 6.45) is 3.04. The molecule has 0 spiro atoms. The van der Waals surface area contributed by atoms with E-state index in [1.54, 1.807) is 0 Å². The molecule has 0 aromatic heterocycles. The van der Waals surface area contributed by atoms with Crippen LogP contribution in [0.15, 0.2) is 24.3 Å². The largest absolute Gasteiger partial charge is 0.356 e. The van der Waals surface area contributed by atoms with Crippen LogP contribution in [0.2, 0.25) is 0 Å². The average molecular weight is 248 g/mol. The van der Waals surface area contributed by atoms with Crippen molar-refractivity contribution in [3.8, 4) is 0 Å². The van der Waals surface area contributed by atoms with Gasteiger partial charge >= 0.3 is 0 Å². The molecule has 0 aliphatic heterocycles. The van der Waals surface area contributed by atoms with Crippen LogP contribution in [-0.4, -0.2) is 24.9 Å². The summed E-state index contributed by atoms with van der Waals surface area (Å²) in [5.74, 6) is 0. The van der Waals surface area contributed by atoms with E-state index in [-0.39, 0.29) is 12.1 Å². The van der Waals surface area contributed by atoms with Crippen molar-refractivity contribution < 1.29 is 9.59 Å². The van der Waals surface area contributed by atoms with Gasteiger partial charge in [0.1, 0.15) is 0 Å². The number of hydrogen-bond acceptors (Lipinski definition) is 2. The summed E-state index contributed by atoms with van der Waals surface area (Å²) in [6.45, 7) is 3.94. The minimum Gasteiger partial charge on any atom is -0.356 e. The predicted molar refractivity (Wildman–Crippen MR) is 71.2 cm³/mol. The summed E-state index contributed by atoms with van der Waals surface area (Å²) < 4.78 is 0. The van der Waals surface area contributed by atoms with Crippen LogP contribution in [0.3, 0.4) is 0 Å². The summed E-state index contributed by atoms with van der Waals surface area (Å²) in [4.78, 5) is 20.8. The molecule has 4 nitrogen and oxygen atoms in total. The molecule has 0 saturated heterocycles. The maximum atomic E-state index is 10.4. The van der Waals surface area contributed by atoms with Gasteiger partial charge in [0.05, 0.1) is 0 Å². The Morgan fingerprint density at radius 1 is 0.944 bits per heavy atom. The summed E-state index contributed by atoms with van der Waals surface area (Å²) in [7, 11) is 0. The number of nitrogens with one attached hydrogen (secondary N) is 2. The Kier molecular flexibility index (Phi) is 5.91. The van der Waals surface area contributed by atoms with E-state index in [0.717, 1.165) is 25.7 Å². The van der Waals surface area contributed by atoms with Gasteiger partial charge in [-0.15, -0.1) is 0 Å². The van der Waals surface area contributed by atoms with Gasteiger partial charge in [-0.3, -0.25) is 9.59 Å². The minimum atomic E-state index is 0.109. The Balaban J connectivity index is 2.72. The van der Waals surface area contributed by atoms with E-state index in [9.17, 15) is 9.59 Å². The van der Waals surface area contributed by atoms with Gasteiger partial charge in [-0.05, 0) is 37.8 Å². The zero-order valence-electron chi connectivity index (χ0n) is 10.8. The van der Waals surface area contributed by atoms with Crippen molar-refractivity contribution in [3.05, 3.63) is 35.4 Å². The molecule has 0 saturated carbocycles. The predicted octanol–water partition coefficient (Wildman–Crippen LogP) is 1.04. The minimum absolute atomic E-state index is 0.109. The third-order valence-corrected chi connectivity index (χ3v) is 2.88. The Morgan fingerprint density at radius 2 is 1.33 bits per heavy atom. The van der Waals surface area contributed by atoms with Crippen LogP contribution in [0.4, 0.5) is 0 Å². The molecular formula is C14H20N2O2. The zero-order chi connectivity index (χ0) is 13.4. The van der Waals surface area contributed by atoms with Crippen LogP contribution in [-0.2, 0) is 22.4 Å². The summed E-state index contributed by atoms with van der Waals surface area (Å²) in [6, 6.07) is 8.32. The molecule has 2 N–H and O–H groups in total. The molecule has 2 amide bonds. The van der Waals surface area contributed by atoms with Crippen molar-refractivity contribution in [2.45, 2.75) is 38.8 Å². The van der Waals surface area contributed by atoms with Crippen LogP contribution in [0.25, 0.3) is 0 Å². The fraction of sp³-hybridized carbons (Fsp3) is 0.429. The first-order chi connectivity index (χ1) is 8.67. The number of carbonyl (C=O) groups is 2. The molecular weight excluding hydrogens is 228 g/mol. The van der Waals surface area contributed by atoms with Gasteiger partial charge in [0.25, 0.3) is 0 Å². The Morgan fingerprint density at radius 3 is 1.67 bits per heavy atom. The van der Waals surface area contributed by atoms with Crippen molar-refractivity contribution in [3.63, 3.8) is 0 Å². The molecule has 1 rings (SSSR count). The molecule has 4 heteroatoms. The maximum Gasteiger partial charge on any atom is 0.207 e. The van der Waals surface area contributed by atoms with E-state index in [0.29, 0.717) is 0 Å². The first-order valence-corrected chi connectivity index (χ1v) is 6.13. The zero-order valence-corrected chi connectivity index (χ0v) is 10.8. The van der Waals surface area contributed by atoms with E-state index in [1.807, 2.05) is 26.0 Å². The van der Waals surface area contributed by atoms with Crippen molar-refractivity contribution in [1.29, 1.82) is 0 Å². The third-order valence-electron chi connectivity index (χ3n) is 2.88.